The number of ketones is 1. The van der Waals surface area contributed by atoms with Gasteiger partial charge in [0.15, 0.2) is 5.78 Å². The standard InChI is InChI=1S/C21H24INO3/c1-5-26-20(25)17-12(2)23-15-10-21(3,4)11-16(24)19(15)18(17)13-8-6-7-9-14(13)22/h6-9,17-18H,5,10-11H2,1-4H3/t17?,18-/m0/s1. The minimum Gasteiger partial charge on any atom is -0.465 e. The second-order valence-electron chi connectivity index (χ2n) is 7.78. The van der Waals surface area contributed by atoms with Crippen LogP contribution in [0.4, 0.5) is 0 Å². The van der Waals surface area contributed by atoms with Gasteiger partial charge in [0.2, 0.25) is 0 Å². The Morgan fingerprint density at radius 1 is 1.31 bits per heavy atom. The molecule has 2 atom stereocenters. The maximum Gasteiger partial charge on any atom is 0.315 e. The van der Waals surface area contributed by atoms with Gasteiger partial charge < -0.3 is 4.74 Å². The molecule has 0 aromatic heterocycles. The van der Waals surface area contributed by atoms with E-state index < -0.39 is 5.92 Å². The molecule has 0 spiro atoms. The van der Waals surface area contributed by atoms with Crippen LogP contribution in [0.1, 0.15) is 52.0 Å². The molecule has 4 nitrogen and oxygen atoms in total. The number of allylic oxidation sites excluding steroid dienone is 2. The molecule has 1 aliphatic heterocycles. The minimum atomic E-state index is -0.547. The Bertz CT molecular complexity index is 822. The molecule has 0 amide bonds. The molecule has 0 saturated heterocycles. The lowest BCUT2D eigenvalue weighted by molar-refractivity contribution is -0.146. The summed E-state index contributed by atoms with van der Waals surface area (Å²) < 4.78 is 6.39. The van der Waals surface area contributed by atoms with Crippen molar-refractivity contribution in [3.8, 4) is 0 Å². The van der Waals surface area contributed by atoms with Crippen molar-refractivity contribution in [2.45, 2.75) is 46.5 Å². The molecular weight excluding hydrogens is 441 g/mol. The number of esters is 1. The summed E-state index contributed by atoms with van der Waals surface area (Å²) in [5.74, 6) is -1.07. The number of Topliss-reactive ketones (excluding diaryl/α,β-unsaturated/α-hetero) is 1. The molecule has 1 unspecified atom stereocenters. The summed E-state index contributed by atoms with van der Waals surface area (Å²) >= 11 is 2.28. The zero-order chi connectivity index (χ0) is 19.1. The Balaban J connectivity index is 2.20. The topological polar surface area (TPSA) is 55.7 Å². The molecule has 0 saturated carbocycles. The fourth-order valence-corrected chi connectivity index (χ4v) is 4.77. The Morgan fingerprint density at radius 2 is 2.00 bits per heavy atom. The van der Waals surface area contributed by atoms with Gasteiger partial charge in [-0.2, -0.15) is 0 Å². The Hall–Kier alpha value is -1.50. The largest absolute Gasteiger partial charge is 0.465 e. The first-order chi connectivity index (χ1) is 12.2. The van der Waals surface area contributed by atoms with Crippen molar-refractivity contribution < 1.29 is 14.3 Å². The van der Waals surface area contributed by atoms with Gasteiger partial charge in [-0.1, -0.05) is 32.0 Å². The Kier molecular flexibility index (Phi) is 5.37. The van der Waals surface area contributed by atoms with E-state index in [-0.39, 0.29) is 23.1 Å². The molecule has 0 fully saturated rings. The van der Waals surface area contributed by atoms with E-state index in [2.05, 4.69) is 36.4 Å². The van der Waals surface area contributed by atoms with Crippen molar-refractivity contribution >= 4 is 40.1 Å². The van der Waals surface area contributed by atoms with Crippen molar-refractivity contribution in [3.05, 3.63) is 44.7 Å². The van der Waals surface area contributed by atoms with Gasteiger partial charge in [-0.3, -0.25) is 14.6 Å². The second kappa shape index (κ2) is 7.25. The van der Waals surface area contributed by atoms with Crippen molar-refractivity contribution in [3.63, 3.8) is 0 Å². The molecule has 0 radical (unpaired) electrons. The summed E-state index contributed by atoms with van der Waals surface area (Å²) in [6.45, 7) is 8.18. The number of nitrogens with zero attached hydrogens (tertiary/aromatic N) is 1. The number of ether oxygens (including phenoxy) is 1. The predicted molar refractivity (Wildman–Crippen MR) is 110 cm³/mol. The quantitative estimate of drug-likeness (QED) is 0.482. The molecule has 26 heavy (non-hydrogen) atoms. The highest BCUT2D eigenvalue weighted by atomic mass is 127. The highest BCUT2D eigenvalue weighted by molar-refractivity contribution is 14.1. The summed E-state index contributed by atoms with van der Waals surface area (Å²) in [4.78, 5) is 30.6. The summed E-state index contributed by atoms with van der Waals surface area (Å²) in [6.07, 6.45) is 1.23. The van der Waals surface area contributed by atoms with Gasteiger partial charge in [-0.05, 0) is 59.9 Å². The van der Waals surface area contributed by atoms with E-state index in [0.29, 0.717) is 18.6 Å². The second-order valence-corrected chi connectivity index (χ2v) is 8.95. The number of carbonyl (C=O) groups excluding carboxylic acids is 2. The highest BCUT2D eigenvalue weighted by Crippen LogP contribution is 2.48. The molecule has 5 heteroatoms. The number of carbonyl (C=O) groups is 2. The van der Waals surface area contributed by atoms with Crippen molar-refractivity contribution in [2.75, 3.05) is 6.61 Å². The van der Waals surface area contributed by atoms with Crippen LogP contribution in [0.3, 0.4) is 0 Å². The van der Waals surface area contributed by atoms with Gasteiger partial charge in [-0.25, -0.2) is 0 Å². The molecule has 138 valence electrons. The first-order valence-corrected chi connectivity index (χ1v) is 10.1. The molecular formula is C21H24INO3. The van der Waals surface area contributed by atoms with E-state index in [1.807, 2.05) is 31.2 Å². The fourth-order valence-electron chi connectivity index (χ4n) is 4.05. The van der Waals surface area contributed by atoms with Crippen LogP contribution in [0.25, 0.3) is 0 Å². The van der Waals surface area contributed by atoms with Gasteiger partial charge >= 0.3 is 5.97 Å². The molecule has 0 bridgehead atoms. The van der Waals surface area contributed by atoms with Gasteiger partial charge in [0.05, 0.1) is 6.61 Å². The number of rotatable bonds is 3. The van der Waals surface area contributed by atoms with Crippen LogP contribution in [0.2, 0.25) is 0 Å². The van der Waals surface area contributed by atoms with E-state index in [1.165, 1.54) is 0 Å². The van der Waals surface area contributed by atoms with Crippen LogP contribution in [-0.2, 0) is 14.3 Å². The lowest BCUT2D eigenvalue weighted by Crippen LogP contribution is -2.39. The normalized spacial score (nSPS) is 24.8. The number of benzene rings is 1. The monoisotopic (exact) mass is 465 g/mol. The number of hydrogen-bond acceptors (Lipinski definition) is 4. The van der Waals surface area contributed by atoms with E-state index in [1.54, 1.807) is 6.92 Å². The minimum absolute atomic E-state index is 0.103. The molecule has 1 aromatic carbocycles. The van der Waals surface area contributed by atoms with E-state index in [0.717, 1.165) is 27.0 Å². The van der Waals surface area contributed by atoms with Crippen LogP contribution in [0, 0.1) is 14.9 Å². The summed E-state index contributed by atoms with van der Waals surface area (Å²) in [5.41, 5.74) is 3.18. The average Bonchev–Trinajstić information content (AvgIpc) is 2.53. The maximum absolute atomic E-state index is 13.1. The number of aliphatic imine (C=N–C) groups is 1. The van der Waals surface area contributed by atoms with Crippen LogP contribution >= 0.6 is 22.6 Å². The van der Waals surface area contributed by atoms with Crippen LogP contribution in [0.15, 0.2) is 40.5 Å². The van der Waals surface area contributed by atoms with Crippen molar-refractivity contribution in [1.82, 2.24) is 0 Å². The first-order valence-electron chi connectivity index (χ1n) is 8.97. The first kappa shape index (κ1) is 19.3. The lowest BCUT2D eigenvalue weighted by Gasteiger charge is -2.39. The van der Waals surface area contributed by atoms with Gasteiger partial charge in [0, 0.05) is 32.9 Å². The maximum atomic E-state index is 13.1. The molecule has 3 rings (SSSR count). The zero-order valence-electron chi connectivity index (χ0n) is 15.6. The molecule has 0 N–H and O–H groups in total. The van der Waals surface area contributed by atoms with Crippen LogP contribution in [0.5, 0.6) is 0 Å². The predicted octanol–water partition coefficient (Wildman–Crippen LogP) is 4.67. The fraction of sp³-hybridized carbons (Fsp3) is 0.476. The molecule has 1 aliphatic carbocycles. The van der Waals surface area contributed by atoms with Crippen molar-refractivity contribution in [2.24, 2.45) is 16.3 Å². The van der Waals surface area contributed by atoms with Gasteiger partial charge in [-0.15, -0.1) is 0 Å². The SMILES string of the molecule is CCOC(=O)C1C(C)=NC2=C(C(=O)CC(C)(C)C2)[C@H]1c1ccccc1I. The van der Waals surface area contributed by atoms with Crippen molar-refractivity contribution in [1.29, 1.82) is 0 Å². The zero-order valence-corrected chi connectivity index (χ0v) is 17.8. The molecule has 1 aromatic rings. The average molecular weight is 465 g/mol. The third kappa shape index (κ3) is 3.50. The van der Waals surface area contributed by atoms with E-state index >= 15 is 0 Å². The van der Waals surface area contributed by atoms with Crippen LogP contribution < -0.4 is 0 Å². The third-order valence-electron chi connectivity index (χ3n) is 5.08. The van der Waals surface area contributed by atoms with E-state index in [9.17, 15) is 9.59 Å². The van der Waals surface area contributed by atoms with E-state index in [4.69, 9.17) is 9.73 Å². The Labute approximate surface area is 168 Å². The summed E-state index contributed by atoms with van der Waals surface area (Å²) in [7, 11) is 0. The van der Waals surface area contributed by atoms with Crippen LogP contribution in [-0.4, -0.2) is 24.1 Å². The Morgan fingerprint density at radius 3 is 2.65 bits per heavy atom. The smallest absolute Gasteiger partial charge is 0.315 e. The highest BCUT2D eigenvalue weighted by Gasteiger charge is 2.46. The molecule has 2 aliphatic rings. The number of hydrogen-bond donors (Lipinski definition) is 0. The molecule has 1 heterocycles. The van der Waals surface area contributed by atoms with Gasteiger partial charge in [0.1, 0.15) is 5.92 Å². The lowest BCUT2D eigenvalue weighted by atomic mass is 9.67. The summed E-state index contributed by atoms with van der Waals surface area (Å²) in [6, 6.07) is 7.94. The third-order valence-corrected chi connectivity index (χ3v) is 6.07. The number of halogens is 1. The van der Waals surface area contributed by atoms with Gasteiger partial charge in [0.25, 0.3) is 0 Å². The summed E-state index contributed by atoms with van der Waals surface area (Å²) in [5, 5.41) is 0.